The fraction of sp³-hybridized carbons (Fsp3) is 0.176. The number of rotatable bonds is 4. The molecule has 0 aliphatic carbocycles. The molecule has 5 nitrogen and oxygen atoms in total. The minimum absolute atomic E-state index is 0.147. The summed E-state index contributed by atoms with van der Waals surface area (Å²) in [5.74, 6) is 0.456. The van der Waals surface area contributed by atoms with E-state index in [1.807, 2.05) is 37.3 Å². The van der Waals surface area contributed by atoms with Crippen molar-refractivity contribution in [1.29, 1.82) is 0 Å². The van der Waals surface area contributed by atoms with Crippen molar-refractivity contribution in [3.05, 3.63) is 53.7 Å². The van der Waals surface area contributed by atoms with Crippen LogP contribution < -0.4 is 10.1 Å². The van der Waals surface area contributed by atoms with Crippen LogP contribution in [-0.2, 0) is 11.2 Å². The number of aromatic nitrogens is 1. The molecule has 0 unspecified atom stereocenters. The maximum atomic E-state index is 12.2. The van der Waals surface area contributed by atoms with Gasteiger partial charge in [0.15, 0.2) is 5.58 Å². The van der Waals surface area contributed by atoms with Gasteiger partial charge in [0.2, 0.25) is 5.91 Å². The number of fused-ring (bicyclic) bond motifs is 1. The first-order valence-corrected chi connectivity index (χ1v) is 6.95. The second-order valence-corrected chi connectivity index (χ2v) is 5.05. The zero-order chi connectivity index (χ0) is 15.5. The predicted octanol–water partition coefficient (Wildman–Crippen LogP) is 3.33. The summed E-state index contributed by atoms with van der Waals surface area (Å²) in [6.45, 7) is 1.99. The highest BCUT2D eigenvalue weighted by Gasteiger charge is 2.14. The van der Waals surface area contributed by atoms with Gasteiger partial charge in [0.05, 0.1) is 19.2 Å². The molecule has 0 aliphatic rings. The van der Waals surface area contributed by atoms with Gasteiger partial charge in [0.1, 0.15) is 11.4 Å². The molecular formula is C17H16N2O3. The van der Waals surface area contributed by atoms with Crippen LogP contribution in [-0.4, -0.2) is 18.2 Å². The number of benzene rings is 2. The van der Waals surface area contributed by atoms with Gasteiger partial charge in [0.25, 0.3) is 0 Å². The van der Waals surface area contributed by atoms with Crippen LogP contribution in [0.4, 0.5) is 5.69 Å². The normalized spacial score (nSPS) is 10.6. The Balaban J connectivity index is 1.80. The van der Waals surface area contributed by atoms with E-state index in [-0.39, 0.29) is 12.3 Å². The van der Waals surface area contributed by atoms with E-state index in [0.717, 1.165) is 10.9 Å². The maximum Gasteiger partial charge on any atom is 0.230 e. The molecule has 0 radical (unpaired) electrons. The Morgan fingerprint density at radius 2 is 2.09 bits per heavy atom. The molecule has 5 heteroatoms. The van der Waals surface area contributed by atoms with Crippen molar-refractivity contribution in [3.63, 3.8) is 0 Å². The van der Waals surface area contributed by atoms with Crippen LogP contribution in [0.5, 0.6) is 5.75 Å². The second kappa shape index (κ2) is 5.89. The number of anilines is 1. The van der Waals surface area contributed by atoms with Crippen LogP contribution >= 0.6 is 0 Å². The van der Waals surface area contributed by atoms with E-state index in [9.17, 15) is 4.79 Å². The van der Waals surface area contributed by atoms with E-state index >= 15 is 0 Å². The van der Waals surface area contributed by atoms with Gasteiger partial charge in [-0.05, 0) is 31.2 Å². The lowest BCUT2D eigenvalue weighted by Gasteiger charge is -2.09. The number of hydrogen-bond donors (Lipinski definition) is 1. The molecule has 2 aromatic carbocycles. The molecule has 0 spiro atoms. The average Bonchev–Trinajstić information content (AvgIpc) is 2.90. The Labute approximate surface area is 127 Å². The molecule has 1 amide bonds. The molecule has 1 aromatic heterocycles. The quantitative estimate of drug-likeness (QED) is 0.802. The van der Waals surface area contributed by atoms with Crippen molar-refractivity contribution in [2.75, 3.05) is 12.4 Å². The van der Waals surface area contributed by atoms with Gasteiger partial charge in [-0.25, -0.2) is 0 Å². The number of ether oxygens (including phenoxy) is 1. The van der Waals surface area contributed by atoms with E-state index in [0.29, 0.717) is 22.7 Å². The highest BCUT2D eigenvalue weighted by molar-refractivity contribution is 5.95. The first kappa shape index (κ1) is 14.1. The van der Waals surface area contributed by atoms with Crippen LogP contribution in [0.25, 0.3) is 11.0 Å². The molecule has 22 heavy (non-hydrogen) atoms. The van der Waals surface area contributed by atoms with Gasteiger partial charge in [-0.2, -0.15) is 0 Å². The van der Waals surface area contributed by atoms with Crippen molar-refractivity contribution in [2.45, 2.75) is 13.3 Å². The largest absolute Gasteiger partial charge is 0.495 e. The monoisotopic (exact) mass is 296 g/mol. The molecule has 0 saturated carbocycles. The topological polar surface area (TPSA) is 64.4 Å². The van der Waals surface area contributed by atoms with Crippen LogP contribution in [0, 0.1) is 6.92 Å². The van der Waals surface area contributed by atoms with Gasteiger partial charge in [-0.1, -0.05) is 28.9 Å². The first-order chi connectivity index (χ1) is 10.7. The number of methoxy groups -OCH3 is 1. The van der Waals surface area contributed by atoms with E-state index in [2.05, 4.69) is 10.5 Å². The number of nitrogens with zero attached hydrogens (tertiary/aromatic N) is 1. The highest BCUT2D eigenvalue weighted by atomic mass is 16.5. The molecule has 3 rings (SSSR count). The molecule has 1 heterocycles. The molecule has 3 aromatic rings. The Morgan fingerprint density at radius 3 is 2.91 bits per heavy atom. The predicted molar refractivity (Wildman–Crippen MR) is 84.1 cm³/mol. The number of amides is 1. The molecule has 0 saturated heterocycles. The first-order valence-electron chi connectivity index (χ1n) is 6.95. The fourth-order valence-corrected chi connectivity index (χ4v) is 2.32. The molecule has 1 N–H and O–H groups in total. The van der Waals surface area contributed by atoms with Crippen molar-refractivity contribution >= 4 is 22.6 Å². The zero-order valence-corrected chi connectivity index (χ0v) is 12.4. The number of hydrogen-bond acceptors (Lipinski definition) is 4. The lowest BCUT2D eigenvalue weighted by atomic mass is 10.1. The third-order valence-electron chi connectivity index (χ3n) is 3.41. The van der Waals surface area contributed by atoms with Gasteiger partial charge in [-0.3, -0.25) is 4.79 Å². The van der Waals surface area contributed by atoms with E-state index in [4.69, 9.17) is 9.26 Å². The van der Waals surface area contributed by atoms with Gasteiger partial charge in [-0.15, -0.1) is 0 Å². The van der Waals surface area contributed by atoms with Crippen molar-refractivity contribution in [1.82, 2.24) is 5.16 Å². The van der Waals surface area contributed by atoms with E-state index < -0.39 is 0 Å². The highest BCUT2D eigenvalue weighted by Crippen LogP contribution is 2.24. The Bertz CT molecular complexity index is 824. The van der Waals surface area contributed by atoms with Crippen LogP contribution in [0.2, 0.25) is 0 Å². The van der Waals surface area contributed by atoms with Crippen molar-refractivity contribution < 1.29 is 14.1 Å². The molecule has 0 atom stereocenters. The summed E-state index contributed by atoms with van der Waals surface area (Å²) in [6.07, 6.45) is 0.147. The standard InChI is InChI=1S/C17H16N2O3/c1-11-7-8-15-12(9-11)14(19-22-15)10-17(20)18-13-5-3-4-6-16(13)21-2/h3-9H,10H2,1-2H3,(H,18,20). The minimum Gasteiger partial charge on any atom is -0.495 e. The Hall–Kier alpha value is -2.82. The Morgan fingerprint density at radius 1 is 1.27 bits per heavy atom. The smallest absolute Gasteiger partial charge is 0.230 e. The summed E-state index contributed by atoms with van der Waals surface area (Å²) in [7, 11) is 1.57. The average molecular weight is 296 g/mol. The SMILES string of the molecule is COc1ccccc1NC(=O)Cc1noc2ccc(C)cc12. The number of aryl methyl sites for hydroxylation is 1. The van der Waals surface area contributed by atoms with Crippen molar-refractivity contribution in [2.24, 2.45) is 0 Å². The van der Waals surface area contributed by atoms with Gasteiger partial charge in [0, 0.05) is 5.39 Å². The summed E-state index contributed by atoms with van der Waals surface area (Å²) in [4.78, 5) is 12.2. The minimum atomic E-state index is -0.166. The third kappa shape index (κ3) is 2.79. The summed E-state index contributed by atoms with van der Waals surface area (Å²) in [6, 6.07) is 13.1. The third-order valence-corrected chi connectivity index (χ3v) is 3.41. The number of nitrogens with one attached hydrogen (secondary N) is 1. The van der Waals surface area contributed by atoms with Crippen LogP contribution in [0.1, 0.15) is 11.3 Å². The Kier molecular flexibility index (Phi) is 3.78. The summed E-state index contributed by atoms with van der Waals surface area (Å²) in [5.41, 5.74) is 3.05. The summed E-state index contributed by atoms with van der Waals surface area (Å²) in [5, 5.41) is 7.70. The van der Waals surface area contributed by atoms with Gasteiger partial charge >= 0.3 is 0 Å². The number of para-hydroxylation sites is 2. The van der Waals surface area contributed by atoms with Gasteiger partial charge < -0.3 is 14.6 Å². The maximum absolute atomic E-state index is 12.2. The molecular weight excluding hydrogens is 280 g/mol. The second-order valence-electron chi connectivity index (χ2n) is 5.05. The number of carbonyl (C=O) groups is 1. The zero-order valence-electron chi connectivity index (χ0n) is 12.4. The number of carbonyl (C=O) groups excluding carboxylic acids is 1. The summed E-state index contributed by atoms with van der Waals surface area (Å²) >= 11 is 0. The lowest BCUT2D eigenvalue weighted by molar-refractivity contribution is -0.115. The van der Waals surface area contributed by atoms with Crippen molar-refractivity contribution in [3.8, 4) is 5.75 Å². The lowest BCUT2D eigenvalue weighted by Crippen LogP contribution is -2.15. The molecule has 112 valence electrons. The fourth-order valence-electron chi connectivity index (χ4n) is 2.32. The molecule has 0 bridgehead atoms. The van der Waals surface area contributed by atoms with Crippen LogP contribution in [0.15, 0.2) is 47.0 Å². The van der Waals surface area contributed by atoms with E-state index in [1.165, 1.54) is 0 Å². The molecule has 0 fully saturated rings. The summed E-state index contributed by atoms with van der Waals surface area (Å²) < 4.78 is 10.5. The molecule has 0 aliphatic heterocycles. The van der Waals surface area contributed by atoms with E-state index in [1.54, 1.807) is 19.2 Å². The van der Waals surface area contributed by atoms with Crippen LogP contribution in [0.3, 0.4) is 0 Å².